The molecule has 1 heterocycles. The number of rotatable bonds is 1. The Morgan fingerprint density at radius 1 is 1.62 bits per heavy atom. The summed E-state index contributed by atoms with van der Waals surface area (Å²) in [6, 6.07) is 3.41. The van der Waals surface area contributed by atoms with E-state index in [1.807, 2.05) is 0 Å². The quantitative estimate of drug-likeness (QED) is 0.647. The van der Waals surface area contributed by atoms with E-state index in [0.29, 0.717) is 10.6 Å². The zero-order valence-corrected chi connectivity index (χ0v) is 7.48. The van der Waals surface area contributed by atoms with Crippen molar-refractivity contribution in [2.24, 2.45) is 0 Å². The van der Waals surface area contributed by atoms with Crippen LogP contribution in [0.4, 0.5) is 4.39 Å². The minimum absolute atomic E-state index is 0.375. The Morgan fingerprint density at radius 2 is 2.31 bits per heavy atom. The predicted molar refractivity (Wildman–Crippen MR) is 45.7 cm³/mol. The molecule has 0 bridgehead atoms. The lowest BCUT2D eigenvalue weighted by atomic mass is 9.99. The Balaban J connectivity index is 2.52. The Kier molecular flexibility index (Phi) is 1.74. The third kappa shape index (κ3) is 1.27. The van der Waals surface area contributed by atoms with E-state index in [1.165, 1.54) is 12.3 Å². The van der Waals surface area contributed by atoms with E-state index in [0.717, 1.165) is 12.8 Å². The third-order valence-corrected chi connectivity index (χ3v) is 2.60. The van der Waals surface area contributed by atoms with Crippen molar-refractivity contribution in [2.75, 3.05) is 0 Å². The first-order valence-corrected chi connectivity index (χ1v) is 4.28. The van der Waals surface area contributed by atoms with E-state index in [1.54, 1.807) is 0 Å². The summed E-state index contributed by atoms with van der Waals surface area (Å²) in [5.74, 6) is -0.582. The Bertz CT molecular complexity index is 393. The van der Waals surface area contributed by atoms with Crippen molar-refractivity contribution in [1.29, 1.82) is 5.26 Å². The maximum absolute atomic E-state index is 12.8. The second kappa shape index (κ2) is 2.68. The van der Waals surface area contributed by atoms with E-state index in [4.69, 9.17) is 16.9 Å². The van der Waals surface area contributed by atoms with Crippen LogP contribution in [0.5, 0.6) is 0 Å². The fourth-order valence-corrected chi connectivity index (χ4v) is 1.63. The smallest absolute Gasteiger partial charge is 0.213 e. The topological polar surface area (TPSA) is 36.7 Å². The SMILES string of the molecule is N#CC1(c2cc(F)ncc2Cl)CC1. The number of halogens is 2. The minimum atomic E-state index is -0.582. The van der Waals surface area contributed by atoms with E-state index in [2.05, 4.69) is 11.1 Å². The monoisotopic (exact) mass is 196 g/mol. The zero-order chi connectivity index (χ0) is 9.47. The highest BCUT2D eigenvalue weighted by Crippen LogP contribution is 2.49. The van der Waals surface area contributed by atoms with Crippen molar-refractivity contribution < 1.29 is 4.39 Å². The molecule has 0 aliphatic heterocycles. The Hall–Kier alpha value is -1.14. The first-order valence-electron chi connectivity index (χ1n) is 3.91. The lowest BCUT2D eigenvalue weighted by Crippen LogP contribution is -2.04. The normalized spacial score (nSPS) is 17.9. The van der Waals surface area contributed by atoms with Crippen LogP contribution in [0, 0.1) is 17.3 Å². The number of hydrogen-bond acceptors (Lipinski definition) is 2. The van der Waals surface area contributed by atoms with Gasteiger partial charge in [0.25, 0.3) is 0 Å². The molecule has 66 valence electrons. The molecule has 0 unspecified atom stereocenters. The van der Waals surface area contributed by atoms with Crippen molar-refractivity contribution in [3.63, 3.8) is 0 Å². The summed E-state index contributed by atoms with van der Waals surface area (Å²) < 4.78 is 12.8. The first-order chi connectivity index (χ1) is 6.18. The summed E-state index contributed by atoms with van der Waals surface area (Å²) in [5, 5.41) is 9.25. The molecule has 0 aromatic carbocycles. The van der Waals surface area contributed by atoms with Crippen LogP contribution in [-0.2, 0) is 5.41 Å². The van der Waals surface area contributed by atoms with Crippen LogP contribution in [0.15, 0.2) is 12.3 Å². The number of pyridine rings is 1. The van der Waals surface area contributed by atoms with Crippen LogP contribution >= 0.6 is 11.6 Å². The fraction of sp³-hybridized carbons (Fsp3) is 0.333. The van der Waals surface area contributed by atoms with E-state index in [-0.39, 0.29) is 0 Å². The van der Waals surface area contributed by atoms with Gasteiger partial charge < -0.3 is 0 Å². The molecule has 0 radical (unpaired) electrons. The molecule has 1 fully saturated rings. The Morgan fingerprint density at radius 3 is 2.85 bits per heavy atom. The largest absolute Gasteiger partial charge is 0.227 e. The van der Waals surface area contributed by atoms with Gasteiger partial charge in [0.2, 0.25) is 5.95 Å². The minimum Gasteiger partial charge on any atom is -0.227 e. The van der Waals surface area contributed by atoms with Crippen molar-refractivity contribution in [1.82, 2.24) is 4.98 Å². The highest BCUT2D eigenvalue weighted by atomic mass is 35.5. The molecule has 0 amide bonds. The summed E-state index contributed by atoms with van der Waals surface area (Å²) in [6.07, 6.45) is 2.77. The van der Waals surface area contributed by atoms with Gasteiger partial charge in [-0.3, -0.25) is 0 Å². The van der Waals surface area contributed by atoms with Crippen LogP contribution < -0.4 is 0 Å². The van der Waals surface area contributed by atoms with Crippen LogP contribution in [0.2, 0.25) is 5.02 Å². The van der Waals surface area contributed by atoms with Crippen molar-refractivity contribution in [2.45, 2.75) is 18.3 Å². The van der Waals surface area contributed by atoms with Gasteiger partial charge in [0.05, 0.1) is 16.5 Å². The molecule has 1 aromatic rings. The van der Waals surface area contributed by atoms with Gasteiger partial charge in [0, 0.05) is 6.20 Å². The molecule has 0 N–H and O–H groups in total. The molecule has 2 rings (SSSR count). The van der Waals surface area contributed by atoms with Crippen LogP contribution in [-0.4, -0.2) is 4.98 Å². The van der Waals surface area contributed by atoms with E-state index in [9.17, 15) is 4.39 Å². The number of nitriles is 1. The number of aromatic nitrogens is 1. The highest BCUT2D eigenvalue weighted by molar-refractivity contribution is 6.31. The third-order valence-electron chi connectivity index (χ3n) is 2.30. The fourth-order valence-electron chi connectivity index (χ4n) is 1.35. The lowest BCUT2D eigenvalue weighted by Gasteiger charge is -2.07. The van der Waals surface area contributed by atoms with Gasteiger partial charge in [-0.25, -0.2) is 4.98 Å². The number of nitrogens with zero attached hydrogens (tertiary/aromatic N) is 2. The Labute approximate surface area is 80.0 Å². The molecule has 4 heteroatoms. The predicted octanol–water partition coefficient (Wildman–Crippen LogP) is 2.43. The molecule has 0 atom stereocenters. The maximum Gasteiger partial charge on any atom is 0.213 e. The summed E-state index contributed by atoms with van der Waals surface area (Å²) in [5.41, 5.74) is 0.0325. The lowest BCUT2D eigenvalue weighted by molar-refractivity contribution is 0.579. The standard InChI is InChI=1S/C9H6ClFN2/c10-7-4-13-8(11)3-6(7)9(5-12)1-2-9/h3-4H,1-2H2. The molecule has 13 heavy (non-hydrogen) atoms. The van der Waals surface area contributed by atoms with Crippen LogP contribution in [0.25, 0.3) is 0 Å². The van der Waals surface area contributed by atoms with E-state index < -0.39 is 11.4 Å². The highest BCUT2D eigenvalue weighted by Gasteiger charge is 2.46. The molecule has 1 aliphatic carbocycles. The molecule has 0 saturated heterocycles. The molecule has 1 saturated carbocycles. The van der Waals surface area contributed by atoms with Crippen molar-refractivity contribution >= 4 is 11.6 Å². The van der Waals surface area contributed by atoms with E-state index >= 15 is 0 Å². The van der Waals surface area contributed by atoms with Gasteiger partial charge in [0.1, 0.15) is 0 Å². The second-order valence-corrected chi connectivity index (χ2v) is 3.59. The van der Waals surface area contributed by atoms with Crippen molar-refractivity contribution in [3.05, 3.63) is 28.8 Å². The molecule has 1 aromatic heterocycles. The van der Waals surface area contributed by atoms with Crippen molar-refractivity contribution in [3.8, 4) is 6.07 Å². The summed E-state index contributed by atoms with van der Waals surface area (Å²) in [4.78, 5) is 3.41. The summed E-state index contributed by atoms with van der Waals surface area (Å²) in [7, 11) is 0. The van der Waals surface area contributed by atoms with Gasteiger partial charge in [0.15, 0.2) is 0 Å². The molecule has 2 nitrogen and oxygen atoms in total. The second-order valence-electron chi connectivity index (χ2n) is 3.18. The molecular formula is C9H6ClFN2. The van der Waals surface area contributed by atoms with Gasteiger partial charge in [-0.1, -0.05) is 11.6 Å². The zero-order valence-electron chi connectivity index (χ0n) is 6.72. The van der Waals surface area contributed by atoms with Crippen LogP contribution in [0.3, 0.4) is 0 Å². The molecule has 1 aliphatic rings. The average molecular weight is 197 g/mol. The summed E-state index contributed by atoms with van der Waals surface area (Å²) >= 11 is 5.82. The first kappa shape index (κ1) is 8.46. The summed E-state index contributed by atoms with van der Waals surface area (Å²) in [6.45, 7) is 0. The van der Waals surface area contributed by atoms with Gasteiger partial charge >= 0.3 is 0 Å². The van der Waals surface area contributed by atoms with Gasteiger partial charge in [-0.15, -0.1) is 0 Å². The molecule has 0 spiro atoms. The van der Waals surface area contributed by atoms with Crippen LogP contribution in [0.1, 0.15) is 18.4 Å². The van der Waals surface area contributed by atoms with Gasteiger partial charge in [-0.2, -0.15) is 9.65 Å². The maximum atomic E-state index is 12.8. The number of hydrogen-bond donors (Lipinski definition) is 0. The average Bonchev–Trinajstić information content (AvgIpc) is 2.90. The molecular weight excluding hydrogens is 191 g/mol. The van der Waals surface area contributed by atoms with Gasteiger partial charge in [-0.05, 0) is 24.5 Å².